The SMILES string of the molecule is Cc1ccc(-c2cc(Cl)c(C#N)cn2)cc1. The molecular weight excluding hydrogens is 220 g/mol. The first-order chi connectivity index (χ1) is 7.70. The van der Waals surface area contributed by atoms with E-state index in [0.717, 1.165) is 11.3 Å². The van der Waals surface area contributed by atoms with Gasteiger partial charge in [-0.15, -0.1) is 0 Å². The van der Waals surface area contributed by atoms with E-state index in [1.54, 1.807) is 6.07 Å². The molecule has 0 aliphatic heterocycles. The number of rotatable bonds is 1. The molecule has 0 fully saturated rings. The number of hydrogen-bond donors (Lipinski definition) is 0. The highest BCUT2D eigenvalue weighted by Crippen LogP contribution is 2.22. The highest BCUT2D eigenvalue weighted by molar-refractivity contribution is 6.31. The second-order valence-corrected chi connectivity index (χ2v) is 3.93. The van der Waals surface area contributed by atoms with Gasteiger partial charge in [-0.2, -0.15) is 5.26 Å². The fourth-order valence-corrected chi connectivity index (χ4v) is 1.59. The summed E-state index contributed by atoms with van der Waals surface area (Å²) < 4.78 is 0. The third kappa shape index (κ3) is 2.05. The third-order valence-corrected chi connectivity index (χ3v) is 2.63. The largest absolute Gasteiger partial charge is 0.255 e. The van der Waals surface area contributed by atoms with E-state index in [1.165, 1.54) is 11.8 Å². The molecule has 0 amide bonds. The molecule has 0 spiro atoms. The predicted molar refractivity (Wildman–Crippen MR) is 64.1 cm³/mol. The Morgan fingerprint density at radius 1 is 1.25 bits per heavy atom. The van der Waals surface area contributed by atoms with Gasteiger partial charge in [0.15, 0.2) is 0 Å². The topological polar surface area (TPSA) is 36.7 Å². The van der Waals surface area contributed by atoms with E-state index in [1.807, 2.05) is 37.3 Å². The first kappa shape index (κ1) is 10.7. The van der Waals surface area contributed by atoms with Gasteiger partial charge in [-0.25, -0.2) is 0 Å². The molecule has 0 saturated heterocycles. The van der Waals surface area contributed by atoms with Gasteiger partial charge in [0.1, 0.15) is 6.07 Å². The van der Waals surface area contributed by atoms with Crippen molar-refractivity contribution in [1.29, 1.82) is 5.26 Å². The van der Waals surface area contributed by atoms with Crippen molar-refractivity contribution >= 4 is 11.6 Å². The standard InChI is InChI=1S/C13H9ClN2/c1-9-2-4-10(5-3-9)13-6-12(14)11(7-15)8-16-13/h2-6,8H,1H3. The Morgan fingerprint density at radius 3 is 2.50 bits per heavy atom. The number of hydrogen-bond acceptors (Lipinski definition) is 2. The lowest BCUT2D eigenvalue weighted by molar-refractivity contribution is 1.30. The Kier molecular flexibility index (Phi) is 2.89. The smallest absolute Gasteiger partial charge is 0.102 e. The molecule has 2 rings (SSSR count). The van der Waals surface area contributed by atoms with Crippen LogP contribution in [-0.2, 0) is 0 Å². The maximum Gasteiger partial charge on any atom is 0.102 e. The Morgan fingerprint density at radius 2 is 1.94 bits per heavy atom. The van der Waals surface area contributed by atoms with Gasteiger partial charge in [-0.1, -0.05) is 41.4 Å². The highest BCUT2D eigenvalue weighted by atomic mass is 35.5. The van der Waals surface area contributed by atoms with Crippen LogP contribution in [0.15, 0.2) is 36.5 Å². The van der Waals surface area contributed by atoms with Crippen molar-refractivity contribution in [1.82, 2.24) is 4.98 Å². The van der Waals surface area contributed by atoms with E-state index in [2.05, 4.69) is 4.98 Å². The summed E-state index contributed by atoms with van der Waals surface area (Å²) in [6, 6.07) is 11.7. The Balaban J connectivity index is 2.46. The van der Waals surface area contributed by atoms with Crippen LogP contribution in [0.25, 0.3) is 11.3 Å². The van der Waals surface area contributed by atoms with Crippen LogP contribution in [0.2, 0.25) is 5.02 Å². The number of pyridine rings is 1. The summed E-state index contributed by atoms with van der Waals surface area (Å²) in [6.45, 7) is 2.03. The normalized spacial score (nSPS) is 9.81. The minimum absolute atomic E-state index is 0.400. The first-order valence-electron chi connectivity index (χ1n) is 4.83. The molecule has 3 heteroatoms. The molecule has 0 atom stereocenters. The zero-order valence-electron chi connectivity index (χ0n) is 8.74. The highest BCUT2D eigenvalue weighted by Gasteiger charge is 2.04. The van der Waals surface area contributed by atoms with E-state index in [0.29, 0.717) is 10.6 Å². The predicted octanol–water partition coefficient (Wildman–Crippen LogP) is 3.58. The van der Waals surface area contributed by atoms with Gasteiger partial charge in [0.05, 0.1) is 16.3 Å². The van der Waals surface area contributed by atoms with Crippen molar-refractivity contribution in [2.45, 2.75) is 6.92 Å². The summed E-state index contributed by atoms with van der Waals surface area (Å²) in [7, 11) is 0. The van der Waals surface area contributed by atoms with Crippen LogP contribution in [0.4, 0.5) is 0 Å². The number of nitrogens with zero attached hydrogens (tertiary/aromatic N) is 2. The number of aromatic nitrogens is 1. The lowest BCUT2D eigenvalue weighted by Gasteiger charge is -2.02. The molecule has 1 aromatic carbocycles. The molecule has 0 bridgehead atoms. The molecule has 2 nitrogen and oxygen atoms in total. The van der Waals surface area contributed by atoms with Crippen LogP contribution >= 0.6 is 11.6 Å². The fourth-order valence-electron chi connectivity index (χ4n) is 1.40. The second kappa shape index (κ2) is 4.34. The summed E-state index contributed by atoms with van der Waals surface area (Å²) in [5, 5.41) is 9.18. The first-order valence-corrected chi connectivity index (χ1v) is 5.21. The van der Waals surface area contributed by atoms with Crippen LogP contribution in [0.5, 0.6) is 0 Å². The molecule has 0 unspecified atom stereocenters. The van der Waals surface area contributed by atoms with Crippen LogP contribution in [-0.4, -0.2) is 4.98 Å². The van der Waals surface area contributed by atoms with Gasteiger partial charge in [0.25, 0.3) is 0 Å². The van der Waals surface area contributed by atoms with Gasteiger partial charge in [-0.05, 0) is 13.0 Å². The van der Waals surface area contributed by atoms with Gasteiger partial charge in [0.2, 0.25) is 0 Å². The monoisotopic (exact) mass is 228 g/mol. The maximum absolute atomic E-state index is 8.74. The zero-order valence-corrected chi connectivity index (χ0v) is 9.49. The van der Waals surface area contributed by atoms with Crippen molar-refractivity contribution in [2.75, 3.05) is 0 Å². The Bertz CT molecular complexity index is 553. The summed E-state index contributed by atoms with van der Waals surface area (Å²) in [5.41, 5.74) is 3.38. The van der Waals surface area contributed by atoms with E-state index in [9.17, 15) is 0 Å². The zero-order chi connectivity index (χ0) is 11.5. The van der Waals surface area contributed by atoms with Crippen LogP contribution in [0, 0.1) is 18.3 Å². The van der Waals surface area contributed by atoms with Crippen molar-refractivity contribution in [3.63, 3.8) is 0 Å². The van der Waals surface area contributed by atoms with E-state index in [4.69, 9.17) is 16.9 Å². The molecule has 0 radical (unpaired) electrons. The Hall–Kier alpha value is -1.85. The number of benzene rings is 1. The van der Waals surface area contributed by atoms with Crippen LogP contribution in [0.3, 0.4) is 0 Å². The van der Waals surface area contributed by atoms with E-state index < -0.39 is 0 Å². The molecule has 0 saturated carbocycles. The molecule has 0 aliphatic rings. The average Bonchev–Trinajstić information content (AvgIpc) is 2.30. The molecule has 78 valence electrons. The minimum Gasteiger partial charge on any atom is -0.255 e. The fraction of sp³-hybridized carbons (Fsp3) is 0.0769. The summed E-state index contributed by atoms with van der Waals surface area (Å²) in [6.07, 6.45) is 1.50. The maximum atomic E-state index is 8.74. The Labute approximate surface area is 99.1 Å². The molecule has 16 heavy (non-hydrogen) atoms. The average molecular weight is 229 g/mol. The molecule has 2 aromatic rings. The summed E-state index contributed by atoms with van der Waals surface area (Å²) in [4.78, 5) is 4.20. The molecule has 1 heterocycles. The molecule has 0 N–H and O–H groups in total. The van der Waals surface area contributed by atoms with Crippen LogP contribution < -0.4 is 0 Å². The number of aryl methyl sites for hydroxylation is 1. The lowest BCUT2D eigenvalue weighted by atomic mass is 10.1. The van der Waals surface area contributed by atoms with Crippen molar-refractivity contribution in [3.8, 4) is 17.3 Å². The lowest BCUT2D eigenvalue weighted by Crippen LogP contribution is -1.86. The van der Waals surface area contributed by atoms with Gasteiger partial charge >= 0.3 is 0 Å². The van der Waals surface area contributed by atoms with Crippen LogP contribution in [0.1, 0.15) is 11.1 Å². The minimum atomic E-state index is 0.400. The number of nitriles is 1. The third-order valence-electron chi connectivity index (χ3n) is 2.32. The van der Waals surface area contributed by atoms with E-state index in [-0.39, 0.29) is 0 Å². The number of halogens is 1. The quantitative estimate of drug-likeness (QED) is 0.748. The molecule has 0 aliphatic carbocycles. The molecular formula is C13H9ClN2. The second-order valence-electron chi connectivity index (χ2n) is 3.53. The summed E-state index contributed by atoms with van der Waals surface area (Å²) >= 11 is 5.95. The van der Waals surface area contributed by atoms with Gasteiger partial charge in [-0.3, -0.25) is 4.98 Å². The summed E-state index contributed by atoms with van der Waals surface area (Å²) in [5.74, 6) is 0. The van der Waals surface area contributed by atoms with Crippen molar-refractivity contribution in [3.05, 3.63) is 52.7 Å². The molecule has 1 aromatic heterocycles. The van der Waals surface area contributed by atoms with Gasteiger partial charge in [0, 0.05) is 11.8 Å². The van der Waals surface area contributed by atoms with Crippen molar-refractivity contribution in [2.24, 2.45) is 0 Å². The van der Waals surface area contributed by atoms with E-state index >= 15 is 0 Å². The van der Waals surface area contributed by atoms with Crippen molar-refractivity contribution < 1.29 is 0 Å². The van der Waals surface area contributed by atoms with Gasteiger partial charge < -0.3 is 0 Å².